The van der Waals surface area contributed by atoms with Gasteiger partial charge in [-0.2, -0.15) is 0 Å². The highest BCUT2D eigenvalue weighted by Crippen LogP contribution is 2.37. The molecule has 8 heteroatoms. The van der Waals surface area contributed by atoms with Crippen LogP contribution >= 0.6 is 11.3 Å². The van der Waals surface area contributed by atoms with E-state index in [0.717, 1.165) is 20.6 Å². The van der Waals surface area contributed by atoms with Gasteiger partial charge in [-0.25, -0.2) is 9.36 Å². The molecule has 3 heterocycles. The Morgan fingerprint density at radius 1 is 1.31 bits per heavy atom. The van der Waals surface area contributed by atoms with Crippen molar-refractivity contribution < 1.29 is 14.3 Å². The van der Waals surface area contributed by atoms with Crippen molar-refractivity contribution in [2.45, 2.75) is 52.5 Å². The average molecular weight is 378 g/mol. The van der Waals surface area contributed by atoms with Crippen molar-refractivity contribution in [3.05, 3.63) is 43.4 Å². The molecule has 0 atom stereocenters. The van der Waals surface area contributed by atoms with Crippen LogP contribution in [-0.2, 0) is 40.4 Å². The zero-order valence-corrected chi connectivity index (χ0v) is 16.2. The Bertz CT molecular complexity index is 1020. The van der Waals surface area contributed by atoms with E-state index in [4.69, 9.17) is 4.74 Å². The lowest BCUT2D eigenvalue weighted by molar-refractivity contribution is -0.141. The number of carbonyl (C=O) groups is 1. The predicted octanol–water partition coefficient (Wildman–Crippen LogP) is 1.83. The fraction of sp³-hybridized carbons (Fsp3) is 0.500. The summed E-state index contributed by atoms with van der Waals surface area (Å²) in [6.07, 6.45) is 0.571. The minimum absolute atomic E-state index is 0.278. The fourth-order valence-electron chi connectivity index (χ4n) is 3.15. The molecule has 140 valence electrons. The van der Waals surface area contributed by atoms with Crippen LogP contribution in [0.2, 0.25) is 0 Å². The minimum Gasteiger partial charge on any atom is -0.468 e. The second-order valence-electron chi connectivity index (χ2n) is 7.20. The standard InChI is InChI=1S/C18H22N2O5S/c1-10(2)7-20-16-14(11-6-18(3,4)25-9-12(11)26-16)15(22)19(17(20)23)8-13(21)24-5/h1,6-9H2,2-5H3. The van der Waals surface area contributed by atoms with Gasteiger partial charge in [0.05, 0.1) is 24.7 Å². The van der Waals surface area contributed by atoms with Crippen LogP contribution in [0.15, 0.2) is 21.7 Å². The molecule has 0 aromatic carbocycles. The van der Waals surface area contributed by atoms with Crippen molar-refractivity contribution in [2.24, 2.45) is 0 Å². The second-order valence-corrected chi connectivity index (χ2v) is 8.29. The Labute approximate surface area is 154 Å². The van der Waals surface area contributed by atoms with Gasteiger partial charge in [0.2, 0.25) is 0 Å². The molecule has 0 aliphatic carbocycles. The summed E-state index contributed by atoms with van der Waals surface area (Å²) in [5.41, 5.74) is 0.300. The van der Waals surface area contributed by atoms with Crippen LogP contribution in [0, 0.1) is 0 Å². The fourth-order valence-corrected chi connectivity index (χ4v) is 4.36. The number of carbonyl (C=O) groups excluding carboxylic acids is 1. The first-order valence-corrected chi connectivity index (χ1v) is 9.09. The normalized spacial score (nSPS) is 15.7. The molecule has 0 saturated heterocycles. The van der Waals surface area contributed by atoms with E-state index < -0.39 is 29.4 Å². The third kappa shape index (κ3) is 3.14. The Hall–Kier alpha value is -2.19. The number of thiophene rings is 1. The molecule has 2 aromatic rings. The van der Waals surface area contributed by atoms with Crippen LogP contribution in [0.5, 0.6) is 0 Å². The maximum absolute atomic E-state index is 13.1. The van der Waals surface area contributed by atoms with Crippen LogP contribution in [0.4, 0.5) is 0 Å². The van der Waals surface area contributed by atoms with Crippen molar-refractivity contribution >= 4 is 27.5 Å². The SMILES string of the molecule is C=C(C)Cn1c(=O)n(CC(=O)OC)c(=O)c2c3c(sc21)COC(C)(C)C3. The van der Waals surface area contributed by atoms with Gasteiger partial charge in [-0.3, -0.25) is 14.2 Å². The molecule has 0 bridgehead atoms. The van der Waals surface area contributed by atoms with Crippen molar-refractivity contribution in [1.29, 1.82) is 0 Å². The van der Waals surface area contributed by atoms with E-state index in [9.17, 15) is 14.4 Å². The van der Waals surface area contributed by atoms with E-state index in [1.54, 1.807) is 0 Å². The first-order chi connectivity index (χ1) is 12.1. The van der Waals surface area contributed by atoms with Gasteiger partial charge in [-0.15, -0.1) is 11.3 Å². The van der Waals surface area contributed by atoms with Crippen LogP contribution < -0.4 is 11.2 Å². The molecule has 0 fully saturated rings. The molecule has 1 aliphatic heterocycles. The van der Waals surface area contributed by atoms with E-state index in [2.05, 4.69) is 11.3 Å². The molecular weight excluding hydrogens is 356 g/mol. The van der Waals surface area contributed by atoms with Crippen molar-refractivity contribution in [1.82, 2.24) is 9.13 Å². The Morgan fingerprint density at radius 2 is 2.00 bits per heavy atom. The molecule has 2 aromatic heterocycles. The Morgan fingerprint density at radius 3 is 2.62 bits per heavy atom. The van der Waals surface area contributed by atoms with E-state index in [-0.39, 0.29) is 6.54 Å². The highest BCUT2D eigenvalue weighted by Gasteiger charge is 2.32. The average Bonchev–Trinajstić information content (AvgIpc) is 2.92. The summed E-state index contributed by atoms with van der Waals surface area (Å²) in [6, 6.07) is 0. The number of allylic oxidation sites excluding steroid dienone is 1. The molecule has 3 rings (SSSR count). The van der Waals surface area contributed by atoms with Gasteiger partial charge in [-0.05, 0) is 26.3 Å². The van der Waals surface area contributed by atoms with Gasteiger partial charge in [0.25, 0.3) is 5.56 Å². The lowest BCUT2D eigenvalue weighted by Gasteiger charge is -2.29. The number of nitrogens with zero attached hydrogens (tertiary/aromatic N) is 2. The van der Waals surface area contributed by atoms with E-state index in [1.165, 1.54) is 23.0 Å². The second kappa shape index (κ2) is 6.51. The van der Waals surface area contributed by atoms with Gasteiger partial charge >= 0.3 is 11.7 Å². The topological polar surface area (TPSA) is 79.5 Å². The third-order valence-corrected chi connectivity index (χ3v) is 5.61. The maximum Gasteiger partial charge on any atom is 0.332 e. The molecule has 0 N–H and O–H groups in total. The highest BCUT2D eigenvalue weighted by molar-refractivity contribution is 7.18. The summed E-state index contributed by atoms with van der Waals surface area (Å²) in [4.78, 5) is 39.2. The smallest absolute Gasteiger partial charge is 0.332 e. The summed E-state index contributed by atoms with van der Waals surface area (Å²) in [7, 11) is 1.23. The number of ether oxygens (including phenoxy) is 2. The number of fused-ring (bicyclic) bond motifs is 3. The highest BCUT2D eigenvalue weighted by atomic mass is 32.1. The molecule has 0 spiro atoms. The molecule has 0 saturated carbocycles. The quantitative estimate of drug-likeness (QED) is 0.599. The molecule has 0 unspecified atom stereocenters. The molecule has 0 amide bonds. The largest absolute Gasteiger partial charge is 0.468 e. The number of methoxy groups -OCH3 is 1. The van der Waals surface area contributed by atoms with E-state index in [0.29, 0.717) is 23.2 Å². The van der Waals surface area contributed by atoms with Gasteiger partial charge in [0.15, 0.2) is 0 Å². The van der Waals surface area contributed by atoms with Crippen molar-refractivity contribution in [3.63, 3.8) is 0 Å². The zero-order chi connectivity index (χ0) is 19.2. The summed E-state index contributed by atoms with van der Waals surface area (Å²) >= 11 is 1.40. The zero-order valence-electron chi connectivity index (χ0n) is 15.4. The number of rotatable bonds is 4. The number of hydrogen-bond acceptors (Lipinski definition) is 6. The van der Waals surface area contributed by atoms with Gasteiger partial charge < -0.3 is 9.47 Å². The van der Waals surface area contributed by atoms with Gasteiger partial charge in [-0.1, -0.05) is 12.2 Å². The van der Waals surface area contributed by atoms with Gasteiger partial charge in [0.1, 0.15) is 11.4 Å². The predicted molar refractivity (Wildman–Crippen MR) is 99.7 cm³/mol. The number of esters is 1. The minimum atomic E-state index is -0.641. The third-order valence-electron chi connectivity index (χ3n) is 4.38. The molecule has 0 radical (unpaired) electrons. The number of hydrogen-bond donors (Lipinski definition) is 0. The Balaban J connectivity index is 2.36. The summed E-state index contributed by atoms with van der Waals surface area (Å²) in [5, 5.41) is 0.492. The lowest BCUT2D eigenvalue weighted by Crippen LogP contribution is -2.42. The summed E-state index contributed by atoms with van der Waals surface area (Å²) in [6.45, 7) is 9.89. The first-order valence-electron chi connectivity index (χ1n) is 8.27. The monoisotopic (exact) mass is 378 g/mol. The molecular formula is C18H22N2O5S. The lowest BCUT2D eigenvalue weighted by atomic mass is 9.94. The van der Waals surface area contributed by atoms with Crippen molar-refractivity contribution in [2.75, 3.05) is 7.11 Å². The van der Waals surface area contributed by atoms with Crippen LogP contribution in [0.1, 0.15) is 31.2 Å². The molecule has 1 aliphatic rings. The first kappa shape index (κ1) is 18.6. The Kier molecular flexibility index (Phi) is 4.66. The van der Waals surface area contributed by atoms with Crippen LogP contribution in [-0.4, -0.2) is 27.8 Å². The van der Waals surface area contributed by atoms with Crippen LogP contribution in [0.25, 0.3) is 10.2 Å². The molecule has 7 nitrogen and oxygen atoms in total. The van der Waals surface area contributed by atoms with Crippen molar-refractivity contribution in [3.8, 4) is 0 Å². The summed E-state index contributed by atoms with van der Waals surface area (Å²) in [5.74, 6) is -0.641. The van der Waals surface area contributed by atoms with E-state index >= 15 is 0 Å². The van der Waals surface area contributed by atoms with Gasteiger partial charge in [0, 0.05) is 17.8 Å². The van der Waals surface area contributed by atoms with Crippen LogP contribution in [0.3, 0.4) is 0 Å². The summed E-state index contributed by atoms with van der Waals surface area (Å²) < 4.78 is 13.0. The maximum atomic E-state index is 13.1. The van der Waals surface area contributed by atoms with E-state index in [1.807, 2.05) is 20.8 Å². The molecule has 26 heavy (non-hydrogen) atoms. The number of aromatic nitrogens is 2.